The number of nitrogens with one attached hydrogen (secondary N) is 2. The maximum absolute atomic E-state index is 11.6. The van der Waals surface area contributed by atoms with Gasteiger partial charge in [-0.1, -0.05) is 0 Å². The number of benzene rings is 1. The fourth-order valence-corrected chi connectivity index (χ4v) is 1.10. The van der Waals surface area contributed by atoms with E-state index >= 15 is 0 Å². The average Bonchev–Trinajstić information content (AvgIpc) is 2.27. The Morgan fingerprint density at radius 1 is 1.12 bits per heavy atom. The van der Waals surface area contributed by atoms with E-state index in [9.17, 15) is 14.4 Å². The quantitative estimate of drug-likeness (QED) is 0.395. The van der Waals surface area contributed by atoms with Crippen molar-refractivity contribution in [2.45, 2.75) is 13.3 Å². The highest BCUT2D eigenvalue weighted by atomic mass is 16.3. The SMILES string of the molecule is CC(=O)NNC(=O)CC(=O)c1ccc(O)cc1. The van der Waals surface area contributed by atoms with Crippen molar-refractivity contribution in [2.75, 3.05) is 0 Å². The van der Waals surface area contributed by atoms with Crippen molar-refractivity contribution >= 4 is 17.6 Å². The molecule has 0 heterocycles. The van der Waals surface area contributed by atoms with Crippen LogP contribution in [0.2, 0.25) is 0 Å². The molecule has 6 heteroatoms. The van der Waals surface area contributed by atoms with Gasteiger partial charge in [0.15, 0.2) is 5.78 Å². The predicted molar refractivity (Wildman–Crippen MR) is 59.0 cm³/mol. The number of hydrogen-bond donors (Lipinski definition) is 3. The molecule has 0 fully saturated rings. The van der Waals surface area contributed by atoms with Crippen LogP contribution in [0.15, 0.2) is 24.3 Å². The van der Waals surface area contributed by atoms with Gasteiger partial charge in [0.2, 0.25) is 11.8 Å². The van der Waals surface area contributed by atoms with Crippen LogP contribution in [0.5, 0.6) is 5.75 Å². The molecule has 0 saturated carbocycles. The Labute approximate surface area is 97.6 Å². The van der Waals surface area contributed by atoms with E-state index in [4.69, 9.17) is 5.11 Å². The molecule has 1 aromatic rings. The topological polar surface area (TPSA) is 95.5 Å². The molecule has 0 saturated heterocycles. The highest BCUT2D eigenvalue weighted by Gasteiger charge is 2.11. The second-order valence-electron chi connectivity index (χ2n) is 3.38. The van der Waals surface area contributed by atoms with Gasteiger partial charge in [-0.05, 0) is 24.3 Å². The highest BCUT2D eigenvalue weighted by molar-refractivity contribution is 6.07. The molecule has 1 aromatic carbocycles. The predicted octanol–water partition coefficient (Wildman–Crippen LogP) is 0.132. The lowest BCUT2D eigenvalue weighted by atomic mass is 10.1. The number of hydrazine groups is 1. The molecule has 3 N–H and O–H groups in total. The first-order chi connectivity index (χ1) is 7.99. The maximum atomic E-state index is 11.6. The summed E-state index contributed by atoms with van der Waals surface area (Å²) in [5.74, 6) is -1.37. The molecule has 0 aliphatic rings. The van der Waals surface area contributed by atoms with Crippen molar-refractivity contribution < 1.29 is 19.5 Å². The summed E-state index contributed by atoms with van der Waals surface area (Å²) in [5.41, 5.74) is 4.49. The minimum absolute atomic E-state index is 0.0456. The van der Waals surface area contributed by atoms with E-state index in [2.05, 4.69) is 10.9 Å². The van der Waals surface area contributed by atoms with Crippen LogP contribution < -0.4 is 10.9 Å². The van der Waals surface area contributed by atoms with Crippen molar-refractivity contribution in [3.8, 4) is 5.75 Å². The molecule has 0 unspecified atom stereocenters. The second kappa shape index (κ2) is 5.64. The number of amides is 2. The Morgan fingerprint density at radius 3 is 2.24 bits per heavy atom. The number of carbonyl (C=O) groups is 3. The summed E-state index contributed by atoms with van der Waals surface area (Å²) in [4.78, 5) is 33.3. The smallest absolute Gasteiger partial charge is 0.246 e. The van der Waals surface area contributed by atoms with E-state index in [0.29, 0.717) is 5.56 Å². The van der Waals surface area contributed by atoms with Crippen molar-refractivity contribution in [3.05, 3.63) is 29.8 Å². The first kappa shape index (κ1) is 12.7. The first-order valence-corrected chi connectivity index (χ1v) is 4.86. The summed E-state index contributed by atoms with van der Waals surface area (Å²) in [6.07, 6.45) is -0.370. The molecule has 17 heavy (non-hydrogen) atoms. The Hall–Kier alpha value is -2.37. The number of phenolic OH excluding ortho intramolecular Hbond substituents is 1. The van der Waals surface area contributed by atoms with E-state index in [-0.39, 0.29) is 12.2 Å². The Bertz CT molecular complexity index is 439. The monoisotopic (exact) mass is 236 g/mol. The Morgan fingerprint density at radius 2 is 1.71 bits per heavy atom. The Balaban J connectivity index is 2.51. The van der Waals surface area contributed by atoms with E-state index < -0.39 is 17.6 Å². The number of ketones is 1. The van der Waals surface area contributed by atoms with Crippen LogP contribution in [0.4, 0.5) is 0 Å². The summed E-state index contributed by atoms with van der Waals surface area (Å²) in [6, 6.07) is 5.56. The normalized spacial score (nSPS) is 9.47. The van der Waals surface area contributed by atoms with Gasteiger partial charge in [0.25, 0.3) is 0 Å². The molecule has 0 spiro atoms. The van der Waals surface area contributed by atoms with Gasteiger partial charge < -0.3 is 5.11 Å². The number of hydrogen-bond acceptors (Lipinski definition) is 4. The third-order valence-electron chi connectivity index (χ3n) is 1.89. The number of aromatic hydroxyl groups is 1. The van der Waals surface area contributed by atoms with Gasteiger partial charge in [-0.15, -0.1) is 0 Å². The van der Waals surface area contributed by atoms with Gasteiger partial charge in [0.05, 0.1) is 6.42 Å². The van der Waals surface area contributed by atoms with Crippen molar-refractivity contribution in [3.63, 3.8) is 0 Å². The van der Waals surface area contributed by atoms with Crippen LogP contribution in [0, 0.1) is 0 Å². The van der Waals surface area contributed by atoms with Gasteiger partial charge in [-0.25, -0.2) is 0 Å². The number of rotatable bonds is 3. The number of carbonyl (C=O) groups excluding carboxylic acids is 3. The summed E-state index contributed by atoms with van der Waals surface area (Å²) < 4.78 is 0. The van der Waals surface area contributed by atoms with E-state index in [1.54, 1.807) is 0 Å². The molecule has 0 aromatic heterocycles. The summed E-state index contributed by atoms with van der Waals surface area (Å²) >= 11 is 0. The minimum Gasteiger partial charge on any atom is -0.508 e. The zero-order valence-electron chi connectivity index (χ0n) is 9.19. The molecule has 0 aliphatic heterocycles. The Kier molecular flexibility index (Phi) is 4.21. The van der Waals surface area contributed by atoms with Crippen LogP contribution in [0.3, 0.4) is 0 Å². The van der Waals surface area contributed by atoms with Crippen LogP contribution in [-0.2, 0) is 9.59 Å². The highest BCUT2D eigenvalue weighted by Crippen LogP contribution is 2.11. The van der Waals surface area contributed by atoms with Crippen LogP contribution in [0.25, 0.3) is 0 Å². The molecule has 0 atom stereocenters. The van der Waals surface area contributed by atoms with Crippen LogP contribution in [0.1, 0.15) is 23.7 Å². The third-order valence-corrected chi connectivity index (χ3v) is 1.89. The first-order valence-electron chi connectivity index (χ1n) is 4.86. The second-order valence-corrected chi connectivity index (χ2v) is 3.38. The minimum atomic E-state index is -0.599. The van der Waals surface area contributed by atoms with Gasteiger partial charge >= 0.3 is 0 Å². The molecule has 6 nitrogen and oxygen atoms in total. The van der Waals surface area contributed by atoms with Crippen LogP contribution in [-0.4, -0.2) is 22.7 Å². The summed E-state index contributed by atoms with van der Waals surface area (Å²) in [5, 5.41) is 9.03. The molecule has 0 bridgehead atoms. The summed E-state index contributed by atoms with van der Waals surface area (Å²) in [6.45, 7) is 1.24. The molecular formula is C11H12N2O4. The van der Waals surface area contributed by atoms with Gasteiger partial charge in [-0.2, -0.15) is 0 Å². The van der Waals surface area contributed by atoms with Gasteiger partial charge in [-0.3, -0.25) is 25.2 Å². The van der Waals surface area contributed by atoms with Crippen molar-refractivity contribution in [1.82, 2.24) is 10.9 Å². The molecule has 0 aliphatic carbocycles. The zero-order chi connectivity index (χ0) is 12.8. The molecular weight excluding hydrogens is 224 g/mol. The number of Topliss-reactive ketones (excluding diaryl/α,β-unsaturated/α-hetero) is 1. The molecule has 1 rings (SSSR count). The average molecular weight is 236 g/mol. The fourth-order valence-electron chi connectivity index (χ4n) is 1.10. The maximum Gasteiger partial charge on any atom is 0.246 e. The molecule has 90 valence electrons. The lowest BCUT2D eigenvalue weighted by molar-refractivity contribution is -0.127. The van der Waals surface area contributed by atoms with E-state index in [1.807, 2.05) is 0 Å². The molecule has 0 radical (unpaired) electrons. The van der Waals surface area contributed by atoms with Crippen molar-refractivity contribution in [2.24, 2.45) is 0 Å². The lowest BCUT2D eigenvalue weighted by Gasteiger charge is -2.04. The van der Waals surface area contributed by atoms with E-state index in [1.165, 1.54) is 31.2 Å². The zero-order valence-corrected chi connectivity index (χ0v) is 9.19. The van der Waals surface area contributed by atoms with Gasteiger partial charge in [0.1, 0.15) is 5.75 Å². The standard InChI is InChI=1S/C11H12N2O4/c1-7(14)12-13-11(17)6-10(16)8-2-4-9(15)5-3-8/h2-5,15H,6H2,1H3,(H,12,14)(H,13,17). The third kappa shape index (κ3) is 4.33. The molecule has 2 amide bonds. The number of phenols is 1. The van der Waals surface area contributed by atoms with Crippen molar-refractivity contribution in [1.29, 1.82) is 0 Å². The largest absolute Gasteiger partial charge is 0.508 e. The fraction of sp³-hybridized carbons (Fsp3) is 0.182. The van der Waals surface area contributed by atoms with Gasteiger partial charge in [0, 0.05) is 12.5 Å². The van der Waals surface area contributed by atoms with Crippen LogP contribution >= 0.6 is 0 Å². The van der Waals surface area contributed by atoms with E-state index in [0.717, 1.165) is 0 Å². The lowest BCUT2D eigenvalue weighted by Crippen LogP contribution is -2.41. The summed E-state index contributed by atoms with van der Waals surface area (Å²) in [7, 11) is 0.